The summed E-state index contributed by atoms with van der Waals surface area (Å²) in [6.45, 7) is 9.52. The summed E-state index contributed by atoms with van der Waals surface area (Å²) in [6.07, 6.45) is 0. The fourth-order valence-corrected chi connectivity index (χ4v) is 20.8. The van der Waals surface area contributed by atoms with Crippen molar-refractivity contribution >= 4 is 99.3 Å². The minimum Gasteiger partial charge on any atom is -0.310 e. The van der Waals surface area contributed by atoms with E-state index in [2.05, 4.69) is 496 Å². The molecule has 0 aliphatic heterocycles. The third-order valence-electron chi connectivity index (χ3n) is 27.3. The summed E-state index contributed by atoms with van der Waals surface area (Å²) >= 11 is 0. The van der Waals surface area contributed by atoms with Gasteiger partial charge in [-0.2, -0.15) is 0 Å². The second kappa shape index (κ2) is 29.5. The highest BCUT2D eigenvalue weighted by atomic mass is 15.1. The third kappa shape index (κ3) is 12.3. The second-order valence-electron chi connectivity index (χ2n) is 35.1. The molecule has 126 heavy (non-hydrogen) atoms. The van der Waals surface area contributed by atoms with Gasteiger partial charge in [-0.3, -0.25) is 0 Å². The predicted octanol–water partition coefficient (Wildman–Crippen LogP) is 33.4. The van der Waals surface area contributed by atoms with Crippen LogP contribution in [0.4, 0.5) is 34.1 Å². The van der Waals surface area contributed by atoms with Gasteiger partial charge in [0.05, 0.1) is 22.1 Å². The molecular weight excluding hydrogens is 1520 g/mol. The van der Waals surface area contributed by atoms with E-state index in [1.807, 2.05) is 0 Å². The summed E-state index contributed by atoms with van der Waals surface area (Å²) < 4.78 is 4.82. The van der Waals surface area contributed by atoms with Crippen molar-refractivity contribution in [2.24, 2.45) is 0 Å². The zero-order valence-corrected chi connectivity index (χ0v) is 70.5. The van der Waals surface area contributed by atoms with Crippen LogP contribution in [-0.2, 0) is 10.8 Å². The molecule has 22 aromatic rings. The number of aromatic nitrogens is 2. The van der Waals surface area contributed by atoms with Gasteiger partial charge in [-0.05, 0) is 283 Å². The van der Waals surface area contributed by atoms with Crippen molar-refractivity contribution in [2.45, 2.75) is 38.5 Å². The number of rotatable bonds is 15. The summed E-state index contributed by atoms with van der Waals surface area (Å²) in [4.78, 5) is 4.82. The molecule has 0 radical (unpaired) electrons. The highest BCUT2D eigenvalue weighted by Crippen LogP contribution is 2.55. The molecule has 24 rings (SSSR count). The first-order valence-electron chi connectivity index (χ1n) is 43.9. The van der Waals surface area contributed by atoms with E-state index >= 15 is 0 Å². The number of hydrogen-bond donors (Lipinski definition) is 0. The van der Waals surface area contributed by atoms with Crippen LogP contribution in [0.3, 0.4) is 0 Å². The van der Waals surface area contributed by atoms with E-state index in [4.69, 9.17) is 0 Å². The Labute approximate surface area is 734 Å². The zero-order chi connectivity index (χ0) is 83.9. The van der Waals surface area contributed by atoms with Gasteiger partial charge >= 0.3 is 0 Å². The van der Waals surface area contributed by atoms with Crippen LogP contribution in [0.1, 0.15) is 49.9 Å². The lowest BCUT2D eigenvalue weighted by molar-refractivity contribution is 0.660. The van der Waals surface area contributed by atoms with Crippen LogP contribution in [0, 0.1) is 0 Å². The Kier molecular flexibility index (Phi) is 17.3. The molecule has 4 heteroatoms. The Balaban J connectivity index is 0.471. The first kappa shape index (κ1) is 74.0. The van der Waals surface area contributed by atoms with Crippen molar-refractivity contribution < 1.29 is 0 Å². The maximum absolute atomic E-state index is 2.44. The molecule has 0 saturated carbocycles. The van der Waals surface area contributed by atoms with E-state index in [-0.39, 0.29) is 10.8 Å². The number of fused-ring (bicyclic) bond motifs is 16. The number of benzene rings is 20. The van der Waals surface area contributed by atoms with E-state index in [1.54, 1.807) is 0 Å². The van der Waals surface area contributed by atoms with Gasteiger partial charge in [0.2, 0.25) is 0 Å². The van der Waals surface area contributed by atoms with Crippen LogP contribution in [0.2, 0.25) is 0 Å². The number of hydrogen-bond acceptors (Lipinski definition) is 2. The van der Waals surface area contributed by atoms with Crippen LogP contribution in [0.5, 0.6) is 0 Å². The number of anilines is 6. The van der Waals surface area contributed by atoms with Gasteiger partial charge < -0.3 is 18.9 Å². The molecule has 2 aromatic heterocycles. The molecule has 20 aromatic carbocycles. The van der Waals surface area contributed by atoms with Crippen molar-refractivity contribution in [1.82, 2.24) is 9.13 Å². The molecule has 0 N–H and O–H groups in total. The van der Waals surface area contributed by atoms with Gasteiger partial charge in [0.25, 0.3) is 0 Å². The van der Waals surface area contributed by atoms with E-state index in [1.165, 1.54) is 182 Å². The van der Waals surface area contributed by atoms with Crippen molar-refractivity contribution in [3.8, 4) is 112 Å². The Morgan fingerprint density at radius 2 is 0.437 bits per heavy atom. The van der Waals surface area contributed by atoms with Crippen molar-refractivity contribution in [3.63, 3.8) is 0 Å². The van der Waals surface area contributed by atoms with E-state index in [0.29, 0.717) is 0 Å². The molecule has 0 fully saturated rings. The van der Waals surface area contributed by atoms with Gasteiger partial charge in [-0.15, -0.1) is 0 Å². The fraction of sp³-hybridized carbons (Fsp3) is 0.0492. The average Bonchev–Trinajstić information content (AvgIpc) is 1.59. The van der Waals surface area contributed by atoms with Gasteiger partial charge in [0, 0.05) is 77.9 Å². The highest BCUT2D eigenvalue weighted by Gasteiger charge is 2.38. The van der Waals surface area contributed by atoms with Gasteiger partial charge in [0.1, 0.15) is 0 Å². The van der Waals surface area contributed by atoms with Crippen LogP contribution in [0.15, 0.2) is 449 Å². The fourth-order valence-electron chi connectivity index (χ4n) is 20.8. The SMILES string of the molecule is CC1(C)c2ccccc2-c2ccc(N(c3ccc(-c4ccc(-c5ccc(-c6ccc7c(c6)C(C)(C)c6cc(N(c8ccccc8)c8ccc(-c9ccc(-c%10ccc%11c(c%10)c%10c%12ccccc%12ccc%10n%11-c%10ccccc%10)cc9)cc8)ccc6-7)cc5)cc4)cc3)c3ccc(-c4ccc(-c5ccc6c(c5)c5c7ccccc7ccc5n6-c5ccccc5)cc4)cc3)cc21. The molecule has 2 aliphatic rings. The van der Waals surface area contributed by atoms with Crippen molar-refractivity contribution in [1.29, 1.82) is 0 Å². The third-order valence-corrected chi connectivity index (χ3v) is 27.3. The van der Waals surface area contributed by atoms with Gasteiger partial charge in [-0.1, -0.05) is 337 Å². The largest absolute Gasteiger partial charge is 0.310 e. The minimum atomic E-state index is -0.251. The number of para-hydroxylation sites is 3. The van der Waals surface area contributed by atoms with Crippen LogP contribution in [0.25, 0.3) is 177 Å². The zero-order valence-electron chi connectivity index (χ0n) is 70.5. The minimum absolute atomic E-state index is 0.154. The molecule has 0 amide bonds. The first-order chi connectivity index (χ1) is 61.9. The Morgan fingerprint density at radius 1 is 0.175 bits per heavy atom. The molecule has 0 saturated heterocycles. The van der Waals surface area contributed by atoms with E-state index in [0.717, 1.165) is 51.1 Å². The van der Waals surface area contributed by atoms with Gasteiger partial charge in [-0.25, -0.2) is 0 Å². The molecule has 594 valence electrons. The molecule has 2 heterocycles. The molecule has 4 nitrogen and oxygen atoms in total. The van der Waals surface area contributed by atoms with Crippen molar-refractivity contribution in [2.75, 3.05) is 9.80 Å². The smallest absolute Gasteiger partial charge is 0.0547 e. The van der Waals surface area contributed by atoms with Crippen LogP contribution >= 0.6 is 0 Å². The summed E-state index contributed by atoms with van der Waals surface area (Å²) in [7, 11) is 0. The molecule has 0 unspecified atom stereocenters. The van der Waals surface area contributed by atoms with Crippen LogP contribution < -0.4 is 9.80 Å². The van der Waals surface area contributed by atoms with Crippen LogP contribution in [-0.4, -0.2) is 9.13 Å². The summed E-state index contributed by atoms with van der Waals surface area (Å²) in [6, 6.07) is 167. The molecule has 0 spiro atoms. The maximum Gasteiger partial charge on any atom is 0.0547 e. The predicted molar refractivity (Wildman–Crippen MR) is 533 cm³/mol. The lowest BCUT2D eigenvalue weighted by Crippen LogP contribution is -2.16. The van der Waals surface area contributed by atoms with Gasteiger partial charge in [0.15, 0.2) is 0 Å². The maximum atomic E-state index is 2.44. The molecule has 2 aliphatic carbocycles. The molecular formula is C122H86N4. The topological polar surface area (TPSA) is 16.3 Å². The lowest BCUT2D eigenvalue weighted by atomic mass is 9.81. The summed E-state index contributed by atoms with van der Waals surface area (Å²) in [5, 5.41) is 10.1. The van der Waals surface area contributed by atoms with E-state index in [9.17, 15) is 0 Å². The quantitative estimate of drug-likeness (QED) is 0.102. The number of nitrogens with zero attached hydrogens (tertiary/aromatic N) is 4. The summed E-state index contributed by atoms with van der Waals surface area (Å²) in [5.41, 5.74) is 40.6. The summed E-state index contributed by atoms with van der Waals surface area (Å²) in [5.74, 6) is 0. The Hall–Kier alpha value is -15.9. The normalized spacial score (nSPS) is 12.9. The highest BCUT2D eigenvalue weighted by molar-refractivity contribution is 6.23. The molecule has 0 bridgehead atoms. The monoisotopic (exact) mass is 1610 g/mol. The molecule has 0 atom stereocenters. The standard InChI is InChI=1S/C122H86N4/c1-121(2)111-31-19-18-30-105(111)107-68-65-102(77-113(107)121)124(100-63-52-86(53-64-100)83-38-44-88(45-39-83)93-58-71-116-110(75-93)120-104-29-17-15-21-91(104)56-73-118(120)126(116)97-26-12-7-13-27-97)99-61-50-84(51-62-99)81-34-32-79(33-35-81)80-40-46-89(47-41-80)94-54-67-106-108-69-66-101(78-114(108)122(3,4)112(106)76-94)123(95-22-8-5-9-23-95)98-59-48-85(49-60-98)82-36-42-87(43-37-82)92-57-70-115-109(74-92)119-103-28-16-14-20-90(103)55-72-117(119)125(115)96-24-10-6-11-25-96/h5-78H,1-4H3. The second-order valence-corrected chi connectivity index (χ2v) is 35.1. The Bertz CT molecular complexity index is 8040. The van der Waals surface area contributed by atoms with E-state index < -0.39 is 0 Å². The average molecular weight is 1610 g/mol. The lowest BCUT2D eigenvalue weighted by Gasteiger charge is -2.28. The first-order valence-corrected chi connectivity index (χ1v) is 43.9. The Morgan fingerprint density at radius 3 is 0.833 bits per heavy atom. The van der Waals surface area contributed by atoms with Crippen molar-refractivity contribution in [3.05, 3.63) is 471 Å².